The second-order valence-corrected chi connectivity index (χ2v) is 10.5. The third-order valence-corrected chi connectivity index (χ3v) is 7.10. The first kappa shape index (κ1) is 29.9. The minimum Gasteiger partial charge on any atom is -0.497 e. The standard InChI is InChI=1S/C34H45NO5/c1-36-34-22-30-26-37-24-28-12-16-32(17-13-28)39-20-10-8-6-4-2-3-5-7-9-11-21-40-33-18-14-29(15-19-33)25-38-27-31(23-34)35-30/h12-19,22-23H,2-11,20-21,24-27H2,1H3. The molecule has 0 spiro atoms. The molecule has 0 fully saturated rings. The molecule has 0 N–H and O–H groups in total. The molecule has 0 amide bonds. The molecule has 0 saturated carbocycles. The molecular weight excluding hydrogens is 502 g/mol. The van der Waals surface area contributed by atoms with Gasteiger partial charge in [-0.2, -0.15) is 0 Å². The van der Waals surface area contributed by atoms with Crippen molar-refractivity contribution in [2.45, 2.75) is 90.6 Å². The first-order valence-electron chi connectivity index (χ1n) is 14.9. The monoisotopic (exact) mass is 547 g/mol. The van der Waals surface area contributed by atoms with Crippen LogP contribution < -0.4 is 14.2 Å². The smallest absolute Gasteiger partial charge is 0.122 e. The van der Waals surface area contributed by atoms with Gasteiger partial charge in [0.15, 0.2) is 0 Å². The van der Waals surface area contributed by atoms with E-state index in [0.29, 0.717) is 26.4 Å². The molecule has 0 radical (unpaired) electrons. The van der Waals surface area contributed by atoms with E-state index < -0.39 is 0 Å². The first-order valence-corrected chi connectivity index (χ1v) is 14.9. The van der Waals surface area contributed by atoms with E-state index >= 15 is 0 Å². The summed E-state index contributed by atoms with van der Waals surface area (Å²) in [6.45, 7) is 3.34. The second-order valence-electron chi connectivity index (χ2n) is 10.5. The molecule has 0 unspecified atom stereocenters. The van der Waals surface area contributed by atoms with E-state index in [2.05, 4.69) is 24.3 Å². The minimum atomic E-state index is 0.393. The Morgan fingerprint density at radius 2 is 0.925 bits per heavy atom. The highest BCUT2D eigenvalue weighted by atomic mass is 16.5. The van der Waals surface area contributed by atoms with Gasteiger partial charge in [-0.3, -0.25) is 4.98 Å². The number of fused-ring (bicyclic) bond motifs is 2. The van der Waals surface area contributed by atoms with Gasteiger partial charge in [-0.15, -0.1) is 0 Å². The summed E-state index contributed by atoms with van der Waals surface area (Å²) in [6, 6.07) is 20.2. The largest absolute Gasteiger partial charge is 0.497 e. The third-order valence-electron chi connectivity index (χ3n) is 7.10. The Kier molecular flexibility index (Phi) is 13.1. The van der Waals surface area contributed by atoms with Gasteiger partial charge in [-0.1, -0.05) is 75.6 Å². The zero-order valence-corrected chi connectivity index (χ0v) is 24.1. The molecule has 40 heavy (non-hydrogen) atoms. The lowest BCUT2D eigenvalue weighted by Crippen LogP contribution is -2.03. The highest BCUT2D eigenvalue weighted by Crippen LogP contribution is 2.19. The molecule has 6 bridgehead atoms. The fourth-order valence-corrected chi connectivity index (χ4v) is 4.79. The number of methoxy groups -OCH3 is 1. The van der Waals surface area contributed by atoms with Gasteiger partial charge in [0.1, 0.15) is 17.2 Å². The van der Waals surface area contributed by atoms with Crippen LogP contribution in [0.1, 0.15) is 86.7 Å². The molecule has 6 rings (SSSR count). The summed E-state index contributed by atoms with van der Waals surface area (Å²) in [6.07, 6.45) is 12.6. The van der Waals surface area contributed by atoms with Crippen LogP contribution in [0.2, 0.25) is 0 Å². The van der Waals surface area contributed by atoms with Crippen molar-refractivity contribution in [2.24, 2.45) is 0 Å². The van der Waals surface area contributed by atoms with Crippen molar-refractivity contribution in [2.75, 3.05) is 20.3 Å². The average molecular weight is 548 g/mol. The maximum atomic E-state index is 5.96. The Labute approximate surface area is 240 Å². The number of ether oxygens (including phenoxy) is 5. The molecule has 6 heteroatoms. The van der Waals surface area contributed by atoms with Crippen LogP contribution in [0.25, 0.3) is 0 Å². The summed E-state index contributed by atoms with van der Waals surface area (Å²) in [7, 11) is 1.66. The molecule has 3 aliphatic rings. The van der Waals surface area contributed by atoms with Crippen LogP contribution in [-0.2, 0) is 35.9 Å². The van der Waals surface area contributed by atoms with Crippen LogP contribution in [0.5, 0.6) is 17.2 Å². The molecule has 6 nitrogen and oxygen atoms in total. The van der Waals surface area contributed by atoms with E-state index in [4.69, 9.17) is 28.7 Å². The Balaban J connectivity index is 1.31. The van der Waals surface area contributed by atoms with Crippen molar-refractivity contribution >= 4 is 0 Å². The van der Waals surface area contributed by atoms with Crippen LogP contribution in [0, 0.1) is 0 Å². The molecule has 0 aliphatic carbocycles. The molecule has 1 aromatic heterocycles. The molecule has 2 aromatic carbocycles. The van der Waals surface area contributed by atoms with Gasteiger partial charge in [0.2, 0.25) is 0 Å². The Hall–Kier alpha value is -3.09. The van der Waals surface area contributed by atoms with Crippen LogP contribution >= 0.6 is 0 Å². The van der Waals surface area contributed by atoms with Crippen molar-refractivity contribution < 1.29 is 23.7 Å². The van der Waals surface area contributed by atoms with Crippen molar-refractivity contribution in [1.29, 1.82) is 0 Å². The van der Waals surface area contributed by atoms with Crippen LogP contribution in [0.4, 0.5) is 0 Å². The van der Waals surface area contributed by atoms with E-state index in [1.807, 2.05) is 36.4 Å². The Morgan fingerprint density at radius 1 is 0.525 bits per heavy atom. The Bertz CT molecular complexity index is 1020. The highest BCUT2D eigenvalue weighted by molar-refractivity contribution is 5.29. The zero-order valence-electron chi connectivity index (χ0n) is 24.1. The lowest BCUT2D eigenvalue weighted by Gasteiger charge is -2.11. The van der Waals surface area contributed by atoms with Gasteiger partial charge < -0.3 is 23.7 Å². The fourth-order valence-electron chi connectivity index (χ4n) is 4.79. The SMILES string of the molecule is COc1cc2nc(c1)COCc1ccc(cc1)OCCCCCCCCCCCCOc1ccc(cc1)COC2. The van der Waals surface area contributed by atoms with Gasteiger partial charge in [-0.05, 0) is 48.2 Å². The van der Waals surface area contributed by atoms with Crippen molar-refractivity contribution in [3.8, 4) is 17.2 Å². The molecule has 0 atom stereocenters. The van der Waals surface area contributed by atoms with E-state index in [1.165, 1.54) is 51.4 Å². The quantitative estimate of drug-likeness (QED) is 0.306. The van der Waals surface area contributed by atoms with E-state index in [1.54, 1.807) is 7.11 Å². The normalized spacial score (nSPS) is 17.2. The first-order chi connectivity index (χ1) is 19.8. The molecule has 0 saturated heterocycles. The van der Waals surface area contributed by atoms with Crippen LogP contribution in [-0.4, -0.2) is 25.3 Å². The van der Waals surface area contributed by atoms with E-state index in [9.17, 15) is 0 Å². The summed E-state index contributed by atoms with van der Waals surface area (Å²) in [5.74, 6) is 2.58. The van der Waals surface area contributed by atoms with E-state index in [0.717, 1.165) is 65.8 Å². The average Bonchev–Trinajstić information content (AvgIpc) is 2.98. The maximum Gasteiger partial charge on any atom is 0.122 e. The number of rotatable bonds is 1. The lowest BCUT2D eigenvalue weighted by atomic mass is 10.1. The fraction of sp³-hybridized carbons (Fsp3) is 0.500. The van der Waals surface area contributed by atoms with Gasteiger partial charge in [-0.25, -0.2) is 0 Å². The van der Waals surface area contributed by atoms with Crippen molar-refractivity contribution in [1.82, 2.24) is 4.98 Å². The van der Waals surface area contributed by atoms with Gasteiger partial charge in [0.25, 0.3) is 0 Å². The third kappa shape index (κ3) is 11.2. The summed E-state index contributed by atoms with van der Waals surface area (Å²) in [4.78, 5) is 4.72. The summed E-state index contributed by atoms with van der Waals surface area (Å²) in [5, 5.41) is 0. The summed E-state index contributed by atoms with van der Waals surface area (Å²) >= 11 is 0. The van der Waals surface area contributed by atoms with Crippen LogP contribution in [0.3, 0.4) is 0 Å². The second kappa shape index (κ2) is 17.6. The zero-order chi connectivity index (χ0) is 27.7. The number of pyridine rings is 1. The minimum absolute atomic E-state index is 0.393. The molecule has 3 aliphatic heterocycles. The highest BCUT2D eigenvalue weighted by Gasteiger charge is 2.06. The number of hydrogen-bond acceptors (Lipinski definition) is 6. The number of benzene rings is 2. The number of nitrogens with zero attached hydrogens (tertiary/aromatic N) is 1. The molecular formula is C34H45NO5. The maximum absolute atomic E-state index is 5.96. The van der Waals surface area contributed by atoms with Gasteiger partial charge in [0.05, 0.1) is 58.1 Å². The molecule has 3 aromatic rings. The number of hydrogen-bond donors (Lipinski definition) is 0. The molecule has 216 valence electrons. The predicted molar refractivity (Wildman–Crippen MR) is 158 cm³/mol. The topological polar surface area (TPSA) is 59.0 Å². The van der Waals surface area contributed by atoms with Gasteiger partial charge in [0, 0.05) is 12.1 Å². The predicted octanol–water partition coefficient (Wildman–Crippen LogP) is 8.20. The van der Waals surface area contributed by atoms with Crippen molar-refractivity contribution in [3.05, 3.63) is 83.2 Å². The van der Waals surface area contributed by atoms with E-state index in [-0.39, 0.29) is 0 Å². The van der Waals surface area contributed by atoms with Crippen molar-refractivity contribution in [3.63, 3.8) is 0 Å². The summed E-state index contributed by atoms with van der Waals surface area (Å²) in [5.41, 5.74) is 3.83. The van der Waals surface area contributed by atoms with Gasteiger partial charge >= 0.3 is 0 Å². The number of aromatic nitrogens is 1. The summed E-state index contributed by atoms with van der Waals surface area (Å²) < 4.78 is 29.3. The molecule has 4 heterocycles. The Morgan fingerprint density at radius 3 is 1.32 bits per heavy atom. The van der Waals surface area contributed by atoms with Crippen LogP contribution in [0.15, 0.2) is 60.7 Å². The lowest BCUT2D eigenvalue weighted by molar-refractivity contribution is 0.0977.